The minimum atomic E-state index is -3.49. The number of methoxy groups -OCH3 is 2. The normalized spacial score (nSPS) is 17.7. The Kier molecular flexibility index (Phi) is 8.00. The highest BCUT2D eigenvalue weighted by Crippen LogP contribution is 2.71. The van der Waals surface area contributed by atoms with Gasteiger partial charge in [0.25, 0.3) is 0 Å². The van der Waals surface area contributed by atoms with Gasteiger partial charge in [0.1, 0.15) is 17.2 Å². The molecule has 4 aromatic rings. The van der Waals surface area contributed by atoms with E-state index in [-0.39, 0.29) is 0 Å². The molecule has 194 valence electrons. The van der Waals surface area contributed by atoms with Crippen molar-refractivity contribution >= 4 is 23.8 Å². The smallest absolute Gasteiger partial charge is 0.460 e. The molecule has 0 amide bonds. The fraction of sp³-hybridized carbons (Fsp3) is 0.0769. The van der Waals surface area contributed by atoms with Gasteiger partial charge in [-0.25, -0.2) is 0 Å². The highest BCUT2D eigenvalue weighted by atomic mass is 31.3. The summed E-state index contributed by atoms with van der Waals surface area (Å²) in [4.78, 5) is 0. The molecule has 0 radical (unpaired) electrons. The summed E-state index contributed by atoms with van der Waals surface area (Å²) < 4.78 is 50.9. The van der Waals surface area contributed by atoms with E-state index in [1.54, 1.807) is 37.4 Å². The van der Waals surface area contributed by atoms with E-state index in [2.05, 4.69) is 9.03 Å². The zero-order valence-electron chi connectivity index (χ0n) is 20.5. The van der Waals surface area contributed by atoms with Crippen molar-refractivity contribution in [1.29, 1.82) is 0 Å². The predicted octanol–water partition coefficient (Wildman–Crippen LogP) is 9.27. The molecule has 0 bridgehead atoms. The Labute approximate surface area is 222 Å². The molecule has 0 fully saturated rings. The summed E-state index contributed by atoms with van der Waals surface area (Å²) in [6, 6.07) is 33.0. The van der Waals surface area contributed by atoms with Crippen LogP contribution < -0.4 is 27.6 Å². The molecule has 0 saturated carbocycles. The first-order valence-electron chi connectivity index (χ1n) is 11.4. The van der Waals surface area contributed by atoms with Crippen molar-refractivity contribution in [2.45, 2.75) is 0 Å². The van der Waals surface area contributed by atoms with Crippen LogP contribution in [0.5, 0.6) is 34.5 Å². The van der Waals surface area contributed by atoms with Crippen molar-refractivity contribution in [3.63, 3.8) is 0 Å². The van der Waals surface area contributed by atoms with Gasteiger partial charge in [0.2, 0.25) is 5.75 Å². The molecular weight excluding hydrogens is 543 g/mol. The second-order valence-corrected chi connectivity index (χ2v) is 12.7. The van der Waals surface area contributed by atoms with Gasteiger partial charge in [-0.1, -0.05) is 65.2 Å². The van der Waals surface area contributed by atoms with Gasteiger partial charge in [-0.15, -0.1) is 9.03 Å². The Morgan fingerprint density at radius 2 is 1.03 bits per heavy atom. The minimum Gasteiger partial charge on any atom is -0.493 e. The molecule has 12 heteroatoms. The second kappa shape index (κ2) is 11.7. The summed E-state index contributed by atoms with van der Waals surface area (Å²) in [6.45, 7) is 0. The van der Waals surface area contributed by atoms with Crippen LogP contribution in [0.2, 0.25) is 0 Å². The summed E-state index contributed by atoms with van der Waals surface area (Å²) in [5, 5.41) is 0. The lowest BCUT2D eigenvalue weighted by atomic mass is 10.3. The minimum absolute atomic E-state index is 0.291. The molecule has 0 N–H and O–H groups in total. The molecule has 4 aromatic carbocycles. The van der Waals surface area contributed by atoms with E-state index >= 15 is 0 Å². The summed E-state index contributed by atoms with van der Waals surface area (Å²) in [7, 11) is -3.52. The monoisotopic (exact) mass is 567 g/mol. The van der Waals surface area contributed by atoms with Crippen LogP contribution >= 0.6 is 23.8 Å². The number of benzene rings is 4. The molecule has 1 aliphatic heterocycles. The van der Waals surface area contributed by atoms with Crippen LogP contribution in [0.25, 0.3) is 0 Å². The van der Waals surface area contributed by atoms with Crippen LogP contribution in [-0.2, 0) is 0 Å². The van der Waals surface area contributed by atoms with Crippen LogP contribution in [-0.4, -0.2) is 14.2 Å². The first-order valence-corrected chi connectivity index (χ1v) is 15.3. The lowest BCUT2D eigenvalue weighted by Gasteiger charge is -2.27. The quantitative estimate of drug-likeness (QED) is 0.177. The third-order valence-electron chi connectivity index (χ3n) is 5.02. The lowest BCUT2D eigenvalue weighted by Crippen LogP contribution is -2.06. The van der Waals surface area contributed by atoms with E-state index in [0.717, 1.165) is 0 Å². The van der Waals surface area contributed by atoms with Gasteiger partial charge >= 0.3 is 15.3 Å². The van der Waals surface area contributed by atoms with Crippen molar-refractivity contribution in [3.8, 4) is 34.5 Å². The van der Waals surface area contributed by atoms with Crippen molar-refractivity contribution < 1.29 is 27.6 Å². The number of hydrogen-bond acceptors (Lipinski definition) is 9. The van der Waals surface area contributed by atoms with E-state index in [4.69, 9.17) is 32.1 Å². The molecule has 0 aliphatic carbocycles. The van der Waals surface area contributed by atoms with E-state index in [0.29, 0.717) is 43.0 Å². The molecule has 1 heterocycles. The maximum absolute atomic E-state index is 6.49. The van der Waals surface area contributed by atoms with Gasteiger partial charge in [0.15, 0.2) is 20.0 Å². The molecule has 1 aliphatic rings. The van der Waals surface area contributed by atoms with Gasteiger partial charge in [-0.05, 0) is 48.5 Å². The van der Waals surface area contributed by atoms with Gasteiger partial charge in [0.05, 0.1) is 14.2 Å². The van der Waals surface area contributed by atoms with Crippen molar-refractivity contribution in [1.82, 2.24) is 0 Å². The largest absolute Gasteiger partial charge is 0.493 e. The molecule has 1 unspecified atom stereocenters. The van der Waals surface area contributed by atoms with Crippen molar-refractivity contribution in [3.05, 3.63) is 109 Å². The Morgan fingerprint density at radius 1 is 0.526 bits per heavy atom. The van der Waals surface area contributed by atoms with Gasteiger partial charge in [-0.3, -0.25) is 0 Å². The number of ether oxygens (including phenoxy) is 2. The van der Waals surface area contributed by atoms with E-state index in [9.17, 15) is 0 Å². The molecule has 0 spiro atoms. The average Bonchev–Trinajstić information content (AvgIpc) is 2.94. The van der Waals surface area contributed by atoms with Gasteiger partial charge < -0.3 is 27.6 Å². The molecular formula is C26H24N3O6P3. The fourth-order valence-electron chi connectivity index (χ4n) is 3.39. The standard InChI is InChI=1S/C26H24N3O6P3/c1-30-24-19-12-20-25(26(24)31-2)35-38(34-23-17-10-5-11-18-23)28-36-27-37(29-38,32-21-13-6-3-7-14-21)33-22-15-8-4-9-16-22/h3-20H,1-2H3. The predicted molar refractivity (Wildman–Crippen MR) is 149 cm³/mol. The topological polar surface area (TPSA) is 92.5 Å². The number of hydrogen-bond donors (Lipinski definition) is 0. The Hall–Kier alpha value is -3.76. The number of rotatable bonds is 10. The number of para-hydroxylation sites is 4. The molecule has 5 rings (SSSR count). The second-order valence-electron chi connectivity index (χ2n) is 7.63. The SMILES string of the molecule is COc1cccc(OP2(Oc3ccccc3)=NP=NP(Oc3ccccc3)(Oc3ccccc3)=N2)c1OC. The van der Waals surface area contributed by atoms with Crippen LogP contribution in [0.3, 0.4) is 0 Å². The van der Waals surface area contributed by atoms with Crippen molar-refractivity contribution in [2.24, 2.45) is 13.5 Å². The highest BCUT2D eigenvalue weighted by molar-refractivity contribution is 7.73. The van der Waals surface area contributed by atoms with Crippen LogP contribution in [0, 0.1) is 0 Å². The zero-order chi connectivity index (χ0) is 26.3. The van der Waals surface area contributed by atoms with E-state index in [1.165, 1.54) is 7.11 Å². The van der Waals surface area contributed by atoms with Gasteiger partial charge in [0, 0.05) is 0 Å². The maximum atomic E-state index is 6.49. The summed E-state index contributed by atoms with van der Waals surface area (Å²) in [6.07, 6.45) is 0. The maximum Gasteiger partial charge on any atom is 0.460 e. The van der Waals surface area contributed by atoms with Gasteiger partial charge in [-0.2, -0.15) is 0 Å². The third kappa shape index (κ3) is 6.03. The van der Waals surface area contributed by atoms with Crippen molar-refractivity contribution in [2.75, 3.05) is 14.2 Å². The molecule has 0 aromatic heterocycles. The molecule has 0 saturated heterocycles. The lowest BCUT2D eigenvalue weighted by molar-refractivity contribution is 0.341. The third-order valence-corrected chi connectivity index (χ3v) is 11.1. The summed E-state index contributed by atoms with van der Waals surface area (Å²) in [5.74, 6) is 2.82. The Morgan fingerprint density at radius 3 is 1.53 bits per heavy atom. The Balaban J connectivity index is 1.67. The summed E-state index contributed by atoms with van der Waals surface area (Å²) in [5.41, 5.74) is 0. The molecule has 38 heavy (non-hydrogen) atoms. The fourth-order valence-corrected chi connectivity index (χ4v) is 9.57. The van der Waals surface area contributed by atoms with E-state index in [1.807, 2.05) is 78.9 Å². The first kappa shape index (κ1) is 25.9. The number of nitrogens with zero attached hydrogens (tertiary/aromatic N) is 3. The summed E-state index contributed by atoms with van der Waals surface area (Å²) >= 11 is 0. The average molecular weight is 567 g/mol. The highest BCUT2D eigenvalue weighted by Gasteiger charge is 2.40. The first-order chi connectivity index (χ1) is 18.6. The van der Waals surface area contributed by atoms with Crippen LogP contribution in [0.4, 0.5) is 0 Å². The van der Waals surface area contributed by atoms with Crippen LogP contribution in [0.15, 0.2) is 123 Å². The van der Waals surface area contributed by atoms with Crippen LogP contribution in [0.1, 0.15) is 0 Å². The Bertz CT molecular complexity index is 1470. The molecule has 1 atom stereocenters. The molecule has 9 nitrogen and oxygen atoms in total. The zero-order valence-corrected chi connectivity index (χ0v) is 23.2. The van der Waals surface area contributed by atoms with E-state index < -0.39 is 15.3 Å².